The Hall–Kier alpha value is -2.82. The molecule has 30 heavy (non-hydrogen) atoms. The average Bonchev–Trinajstić information content (AvgIpc) is 3.39. The predicted molar refractivity (Wildman–Crippen MR) is 113 cm³/mol. The van der Waals surface area contributed by atoms with Crippen molar-refractivity contribution in [1.29, 1.82) is 0 Å². The lowest BCUT2D eigenvalue weighted by atomic mass is 10.2. The van der Waals surface area contributed by atoms with Crippen LogP contribution in [-0.2, 0) is 10.0 Å². The van der Waals surface area contributed by atoms with Crippen molar-refractivity contribution in [2.75, 3.05) is 26.2 Å². The van der Waals surface area contributed by atoms with Crippen LogP contribution in [0, 0.1) is 6.92 Å². The standard InChI is InChI=1S/C20H18N4O4S2/c1-13-5-6-16-14(11-13)12-17(28-16)20(25)23-7-9-24(10-8-23)30(26,27)18-4-2-3-15-19(18)22-29-21-15/h2-6,11-12H,7-10H2,1H3. The number of hydrogen-bond donors (Lipinski definition) is 0. The second-order valence-corrected chi connectivity index (χ2v) is 9.67. The van der Waals surface area contributed by atoms with E-state index in [0.717, 1.165) is 22.7 Å². The number of amides is 1. The highest BCUT2D eigenvalue weighted by Crippen LogP contribution is 2.26. The summed E-state index contributed by atoms with van der Waals surface area (Å²) in [5, 5.41) is 0.879. The van der Waals surface area contributed by atoms with E-state index in [1.165, 1.54) is 4.31 Å². The molecule has 8 nitrogen and oxygen atoms in total. The van der Waals surface area contributed by atoms with Gasteiger partial charge in [0.15, 0.2) is 5.76 Å². The number of sulfonamides is 1. The zero-order valence-corrected chi connectivity index (χ0v) is 17.7. The smallest absolute Gasteiger partial charge is 0.289 e. The Bertz CT molecular complexity index is 1370. The van der Waals surface area contributed by atoms with E-state index in [1.54, 1.807) is 29.2 Å². The topological polar surface area (TPSA) is 96.6 Å². The minimum Gasteiger partial charge on any atom is -0.451 e. The SMILES string of the molecule is Cc1ccc2oc(C(=O)N3CCN(S(=O)(=O)c4cccc5nsnc45)CC3)cc2c1. The molecule has 0 spiro atoms. The largest absolute Gasteiger partial charge is 0.451 e. The molecular formula is C20H18N4O4S2. The van der Waals surface area contributed by atoms with E-state index in [1.807, 2.05) is 25.1 Å². The van der Waals surface area contributed by atoms with Crippen molar-refractivity contribution < 1.29 is 17.6 Å². The Morgan fingerprint density at radius 2 is 1.87 bits per heavy atom. The van der Waals surface area contributed by atoms with Gasteiger partial charge in [0.05, 0.1) is 11.7 Å². The van der Waals surface area contributed by atoms with E-state index in [2.05, 4.69) is 8.75 Å². The van der Waals surface area contributed by atoms with Crippen LogP contribution in [0.15, 0.2) is 51.8 Å². The van der Waals surface area contributed by atoms with E-state index in [4.69, 9.17) is 4.42 Å². The van der Waals surface area contributed by atoms with Gasteiger partial charge in [-0.05, 0) is 37.3 Å². The lowest BCUT2D eigenvalue weighted by molar-refractivity contribution is 0.0668. The first-order valence-electron chi connectivity index (χ1n) is 9.44. The molecule has 2 aromatic heterocycles. The highest BCUT2D eigenvalue weighted by atomic mass is 32.2. The number of nitrogens with zero attached hydrogens (tertiary/aromatic N) is 4. The lowest BCUT2D eigenvalue weighted by Gasteiger charge is -2.33. The maximum absolute atomic E-state index is 13.1. The summed E-state index contributed by atoms with van der Waals surface area (Å²) in [6, 6.07) is 12.4. The van der Waals surface area contributed by atoms with E-state index in [0.29, 0.717) is 29.7 Å². The summed E-state index contributed by atoms with van der Waals surface area (Å²) in [5.74, 6) is 0.0388. The highest BCUT2D eigenvalue weighted by molar-refractivity contribution is 7.89. The van der Waals surface area contributed by atoms with E-state index < -0.39 is 10.0 Å². The summed E-state index contributed by atoms with van der Waals surface area (Å²) in [7, 11) is -3.72. The molecule has 0 unspecified atom stereocenters. The maximum Gasteiger partial charge on any atom is 0.289 e. The van der Waals surface area contributed by atoms with Gasteiger partial charge in [-0.3, -0.25) is 4.79 Å². The molecule has 4 aromatic rings. The Morgan fingerprint density at radius 3 is 2.67 bits per heavy atom. The second kappa shape index (κ2) is 7.15. The Kier molecular flexibility index (Phi) is 4.57. The lowest BCUT2D eigenvalue weighted by Crippen LogP contribution is -2.50. The molecule has 1 amide bonds. The van der Waals surface area contributed by atoms with Crippen molar-refractivity contribution >= 4 is 49.7 Å². The number of fused-ring (bicyclic) bond motifs is 2. The number of furan rings is 1. The zero-order valence-electron chi connectivity index (χ0n) is 16.1. The van der Waals surface area contributed by atoms with Crippen LogP contribution in [0.25, 0.3) is 22.0 Å². The van der Waals surface area contributed by atoms with Gasteiger partial charge in [0.1, 0.15) is 21.5 Å². The molecular weight excluding hydrogens is 424 g/mol. The summed E-state index contributed by atoms with van der Waals surface area (Å²) in [6.07, 6.45) is 0. The van der Waals surface area contributed by atoms with Gasteiger partial charge in [-0.25, -0.2) is 8.42 Å². The van der Waals surface area contributed by atoms with Crippen LogP contribution >= 0.6 is 11.7 Å². The summed E-state index contributed by atoms with van der Waals surface area (Å²) < 4.78 is 41.6. The maximum atomic E-state index is 13.1. The molecule has 0 radical (unpaired) electrons. The molecule has 0 bridgehead atoms. The van der Waals surface area contributed by atoms with Gasteiger partial charge in [-0.1, -0.05) is 17.7 Å². The minimum atomic E-state index is -3.72. The summed E-state index contributed by atoms with van der Waals surface area (Å²) in [6.45, 7) is 2.98. The van der Waals surface area contributed by atoms with Crippen LogP contribution in [0.2, 0.25) is 0 Å². The van der Waals surface area contributed by atoms with Crippen LogP contribution in [0.3, 0.4) is 0 Å². The van der Waals surface area contributed by atoms with Crippen LogP contribution < -0.4 is 0 Å². The van der Waals surface area contributed by atoms with Gasteiger partial charge in [-0.2, -0.15) is 13.1 Å². The zero-order chi connectivity index (χ0) is 20.9. The Balaban J connectivity index is 1.34. The summed E-state index contributed by atoms with van der Waals surface area (Å²) in [5.41, 5.74) is 2.70. The third-order valence-corrected chi connectivity index (χ3v) is 7.75. The monoisotopic (exact) mass is 442 g/mol. The average molecular weight is 443 g/mol. The van der Waals surface area contributed by atoms with Crippen LogP contribution in [0.4, 0.5) is 0 Å². The second-order valence-electron chi connectivity index (χ2n) is 7.24. The predicted octanol–water partition coefficient (Wildman–Crippen LogP) is 2.89. The fraction of sp³-hybridized carbons (Fsp3) is 0.250. The highest BCUT2D eigenvalue weighted by Gasteiger charge is 2.33. The molecule has 154 valence electrons. The number of carbonyl (C=O) groups is 1. The van der Waals surface area contributed by atoms with Crippen molar-refractivity contribution in [2.24, 2.45) is 0 Å². The molecule has 1 aliphatic rings. The third-order valence-electron chi connectivity index (χ3n) is 5.28. The quantitative estimate of drug-likeness (QED) is 0.484. The molecule has 5 rings (SSSR count). The van der Waals surface area contributed by atoms with Gasteiger partial charge < -0.3 is 9.32 Å². The van der Waals surface area contributed by atoms with Gasteiger partial charge >= 0.3 is 0 Å². The van der Waals surface area contributed by atoms with Gasteiger partial charge in [0.25, 0.3) is 5.91 Å². The molecule has 1 fully saturated rings. The van der Waals surface area contributed by atoms with E-state index in [9.17, 15) is 13.2 Å². The van der Waals surface area contributed by atoms with Crippen molar-refractivity contribution in [3.63, 3.8) is 0 Å². The summed E-state index contributed by atoms with van der Waals surface area (Å²) >= 11 is 0.988. The number of rotatable bonds is 3. The van der Waals surface area contributed by atoms with Crippen molar-refractivity contribution in [3.05, 3.63) is 53.8 Å². The first-order valence-corrected chi connectivity index (χ1v) is 11.6. The van der Waals surface area contributed by atoms with Crippen molar-refractivity contribution in [3.8, 4) is 0 Å². The molecule has 0 atom stereocenters. The molecule has 1 aliphatic heterocycles. The normalized spacial score (nSPS) is 15.8. The number of piperazine rings is 1. The van der Waals surface area contributed by atoms with Crippen LogP contribution in [0.1, 0.15) is 16.1 Å². The number of carbonyl (C=O) groups excluding carboxylic acids is 1. The van der Waals surface area contributed by atoms with Crippen LogP contribution in [-0.4, -0.2) is 58.5 Å². The van der Waals surface area contributed by atoms with Crippen LogP contribution in [0.5, 0.6) is 0 Å². The Labute approximate surface area is 177 Å². The molecule has 0 saturated carbocycles. The van der Waals surface area contributed by atoms with Crippen molar-refractivity contribution in [2.45, 2.75) is 11.8 Å². The van der Waals surface area contributed by atoms with Gasteiger partial charge in [0, 0.05) is 31.6 Å². The molecule has 0 aliphatic carbocycles. The van der Waals surface area contributed by atoms with E-state index in [-0.39, 0.29) is 29.7 Å². The molecule has 10 heteroatoms. The Morgan fingerprint density at radius 1 is 1.07 bits per heavy atom. The number of aromatic nitrogens is 2. The third kappa shape index (κ3) is 3.17. The molecule has 1 saturated heterocycles. The first-order chi connectivity index (χ1) is 14.4. The van der Waals surface area contributed by atoms with Crippen molar-refractivity contribution in [1.82, 2.24) is 18.0 Å². The minimum absolute atomic E-state index is 0.154. The molecule has 2 aromatic carbocycles. The fourth-order valence-corrected chi connectivity index (χ4v) is 5.86. The van der Waals surface area contributed by atoms with Gasteiger partial charge in [-0.15, -0.1) is 0 Å². The number of hydrogen-bond acceptors (Lipinski definition) is 7. The fourth-order valence-electron chi connectivity index (χ4n) is 3.68. The molecule has 0 N–H and O–H groups in total. The first kappa shape index (κ1) is 19.2. The number of aryl methyl sites for hydroxylation is 1. The number of benzene rings is 2. The summed E-state index contributed by atoms with van der Waals surface area (Å²) in [4.78, 5) is 14.6. The molecule has 3 heterocycles. The van der Waals surface area contributed by atoms with Gasteiger partial charge in [0.2, 0.25) is 10.0 Å². The van der Waals surface area contributed by atoms with E-state index >= 15 is 0 Å².